The Bertz CT molecular complexity index is 159. The molecule has 64 valence electrons. The topological polar surface area (TPSA) is 106 Å². The first-order chi connectivity index (χ1) is 5.04. The molecule has 0 atom stereocenters. The minimum absolute atomic E-state index is 0.00792. The number of nitrogens with zero attached hydrogens (tertiary/aromatic N) is 3. The molecule has 0 fully saturated rings. The van der Waals surface area contributed by atoms with Crippen molar-refractivity contribution in [3.05, 3.63) is 15.3 Å². The quantitative estimate of drug-likeness (QED) is 0.257. The minimum atomic E-state index is -0.951. The lowest BCUT2D eigenvalue weighted by atomic mass is 10.7. The summed E-state index contributed by atoms with van der Waals surface area (Å²) >= 11 is 0. The standard InChI is InChI=1S/C3H8N4O4/c1-5(6(4)8)2-3-11-7(9)10/h4H,2-3H2,1H3. The highest BCUT2D eigenvalue weighted by atomic mass is 16.9. The third-order valence-corrected chi connectivity index (χ3v) is 0.922. The summed E-state index contributed by atoms with van der Waals surface area (Å²) in [6.07, 6.45) is 0. The van der Waals surface area contributed by atoms with E-state index in [1.165, 1.54) is 7.05 Å². The van der Waals surface area contributed by atoms with Crippen molar-refractivity contribution in [3.63, 3.8) is 0 Å². The van der Waals surface area contributed by atoms with Gasteiger partial charge in [0.15, 0.2) is 0 Å². The molecule has 0 aromatic heterocycles. The predicted octanol–water partition coefficient (Wildman–Crippen LogP) is -0.417. The average molecular weight is 164 g/mol. The van der Waals surface area contributed by atoms with E-state index in [1.54, 1.807) is 0 Å². The van der Waals surface area contributed by atoms with E-state index in [2.05, 4.69) is 4.84 Å². The smallest absolute Gasteiger partial charge is 0.294 e. The highest BCUT2D eigenvalue weighted by Crippen LogP contribution is 1.82. The maximum absolute atomic E-state index is 10.1. The lowest BCUT2D eigenvalue weighted by Crippen LogP contribution is -2.29. The van der Waals surface area contributed by atoms with E-state index < -0.39 is 5.09 Å². The second-order valence-corrected chi connectivity index (χ2v) is 1.71. The van der Waals surface area contributed by atoms with Crippen molar-refractivity contribution in [1.29, 1.82) is 5.53 Å². The van der Waals surface area contributed by atoms with Crippen LogP contribution in [0, 0.1) is 20.9 Å². The monoisotopic (exact) mass is 164 g/mol. The van der Waals surface area contributed by atoms with Gasteiger partial charge in [-0.15, -0.1) is 10.1 Å². The van der Waals surface area contributed by atoms with E-state index in [4.69, 9.17) is 5.53 Å². The molecule has 0 heterocycles. The van der Waals surface area contributed by atoms with Crippen LogP contribution in [0.2, 0.25) is 0 Å². The first-order valence-corrected chi connectivity index (χ1v) is 2.71. The number of nitrogens with one attached hydrogen (secondary N) is 1. The fraction of sp³-hybridized carbons (Fsp3) is 1.00. The Morgan fingerprint density at radius 2 is 2.18 bits per heavy atom. The summed E-state index contributed by atoms with van der Waals surface area (Å²) in [5.74, 6) is 0. The first kappa shape index (κ1) is 9.40. The lowest BCUT2D eigenvalue weighted by molar-refractivity contribution is -0.763. The minimum Gasteiger partial charge on any atom is -0.572 e. The van der Waals surface area contributed by atoms with Crippen LogP contribution in [0.15, 0.2) is 0 Å². The fourth-order valence-corrected chi connectivity index (χ4v) is 0.338. The number of hydrogen-bond acceptors (Lipinski definition) is 5. The van der Waals surface area contributed by atoms with Gasteiger partial charge in [0.05, 0.1) is 7.05 Å². The van der Waals surface area contributed by atoms with Gasteiger partial charge in [0.2, 0.25) is 0 Å². The van der Waals surface area contributed by atoms with Gasteiger partial charge in [-0.05, 0) is 5.53 Å². The summed E-state index contributed by atoms with van der Waals surface area (Å²) in [4.78, 5) is 13.3. The average Bonchev–Trinajstić information content (AvgIpc) is 1.86. The van der Waals surface area contributed by atoms with Crippen LogP contribution in [-0.2, 0) is 4.84 Å². The van der Waals surface area contributed by atoms with Crippen LogP contribution in [0.25, 0.3) is 0 Å². The zero-order valence-corrected chi connectivity index (χ0v) is 5.89. The Labute approximate surface area is 62.1 Å². The maximum atomic E-state index is 10.1. The fourth-order valence-electron chi connectivity index (χ4n) is 0.338. The second-order valence-electron chi connectivity index (χ2n) is 1.71. The molecule has 0 aliphatic carbocycles. The molecule has 0 aromatic rings. The molecule has 0 unspecified atom stereocenters. The largest absolute Gasteiger partial charge is 0.572 e. The van der Waals surface area contributed by atoms with Gasteiger partial charge < -0.3 is 10.0 Å². The van der Waals surface area contributed by atoms with Crippen LogP contribution in [0.4, 0.5) is 0 Å². The molecule has 0 bridgehead atoms. The van der Waals surface area contributed by atoms with Gasteiger partial charge in [0, 0.05) is 4.97 Å². The zero-order chi connectivity index (χ0) is 8.85. The van der Waals surface area contributed by atoms with Crippen molar-refractivity contribution in [2.24, 2.45) is 0 Å². The summed E-state index contributed by atoms with van der Waals surface area (Å²) in [5.41, 5.74) is 6.45. The number of rotatable bonds is 5. The van der Waals surface area contributed by atoms with Crippen LogP contribution in [0.5, 0.6) is 0 Å². The Hall–Kier alpha value is -1.60. The maximum Gasteiger partial charge on any atom is 0.294 e. The molecule has 0 radical (unpaired) electrons. The third-order valence-electron chi connectivity index (χ3n) is 0.922. The Balaban J connectivity index is 3.39. The van der Waals surface area contributed by atoms with Gasteiger partial charge in [-0.2, -0.15) is 5.01 Å². The van der Waals surface area contributed by atoms with Gasteiger partial charge in [-0.3, -0.25) is 0 Å². The van der Waals surface area contributed by atoms with Crippen LogP contribution >= 0.6 is 0 Å². The van der Waals surface area contributed by atoms with Crippen molar-refractivity contribution < 1.29 is 14.9 Å². The third kappa shape index (κ3) is 4.88. The summed E-state index contributed by atoms with van der Waals surface area (Å²) in [6, 6.07) is 0. The zero-order valence-electron chi connectivity index (χ0n) is 5.89. The van der Waals surface area contributed by atoms with Crippen molar-refractivity contribution in [2.45, 2.75) is 0 Å². The van der Waals surface area contributed by atoms with E-state index >= 15 is 0 Å². The van der Waals surface area contributed by atoms with Gasteiger partial charge in [-0.1, -0.05) is 0 Å². The highest BCUT2D eigenvalue weighted by Gasteiger charge is 2.03. The molecule has 8 heteroatoms. The molecule has 0 amide bonds. The van der Waals surface area contributed by atoms with Crippen molar-refractivity contribution in [1.82, 2.24) is 5.01 Å². The van der Waals surface area contributed by atoms with Gasteiger partial charge in [0.25, 0.3) is 5.09 Å². The molecule has 0 saturated carbocycles. The molecule has 11 heavy (non-hydrogen) atoms. The van der Waals surface area contributed by atoms with E-state index in [-0.39, 0.29) is 18.1 Å². The number of likely N-dealkylation sites (N-methyl/N-ethyl adjacent to an activating group) is 1. The molecule has 0 rings (SSSR count). The molecular weight excluding hydrogens is 156 g/mol. The summed E-state index contributed by atoms with van der Waals surface area (Å²) in [7, 11) is 1.32. The normalized spacial score (nSPS) is 8.82. The first-order valence-electron chi connectivity index (χ1n) is 2.71. The molecule has 1 N–H and O–H groups in total. The van der Waals surface area contributed by atoms with E-state index in [0.717, 1.165) is 5.01 Å². The van der Waals surface area contributed by atoms with Crippen LogP contribution in [0.3, 0.4) is 0 Å². The molecule has 0 spiro atoms. The predicted molar refractivity (Wildman–Crippen MR) is 31.9 cm³/mol. The SMILES string of the molecule is CN(CCO[N+](=O)[O-])[N+](=N)[O-]. The van der Waals surface area contributed by atoms with Crippen molar-refractivity contribution in [2.75, 3.05) is 20.2 Å². The summed E-state index contributed by atoms with van der Waals surface area (Å²) < 4.78 is 0. The van der Waals surface area contributed by atoms with E-state index in [1.807, 2.05) is 0 Å². The van der Waals surface area contributed by atoms with E-state index in [9.17, 15) is 15.3 Å². The number of hydrogen-bond donors (Lipinski definition) is 1. The Morgan fingerprint density at radius 3 is 2.55 bits per heavy atom. The Morgan fingerprint density at radius 1 is 1.64 bits per heavy atom. The molecule has 0 saturated heterocycles. The molecule has 8 nitrogen and oxygen atoms in total. The molecule has 0 aliphatic rings. The Kier molecular flexibility index (Phi) is 3.63. The van der Waals surface area contributed by atoms with Gasteiger partial charge in [-0.25, -0.2) is 0 Å². The molecule has 0 aromatic carbocycles. The molecule has 0 aliphatic heterocycles. The molecular formula is C3H8N4O4. The highest BCUT2D eigenvalue weighted by molar-refractivity contribution is 4.30. The van der Waals surface area contributed by atoms with Crippen molar-refractivity contribution in [3.8, 4) is 0 Å². The van der Waals surface area contributed by atoms with Crippen LogP contribution < -0.4 is 0 Å². The van der Waals surface area contributed by atoms with Gasteiger partial charge >= 0.3 is 0 Å². The van der Waals surface area contributed by atoms with Gasteiger partial charge in [0.1, 0.15) is 13.2 Å². The lowest BCUT2D eigenvalue weighted by Gasteiger charge is -2.10. The van der Waals surface area contributed by atoms with Crippen LogP contribution in [0.1, 0.15) is 0 Å². The van der Waals surface area contributed by atoms with E-state index in [0.29, 0.717) is 0 Å². The van der Waals surface area contributed by atoms with Crippen molar-refractivity contribution >= 4 is 0 Å². The number of hydrazine groups is 1. The summed E-state index contributed by atoms with van der Waals surface area (Å²) in [5, 5.41) is 19.6. The van der Waals surface area contributed by atoms with Crippen LogP contribution in [-0.4, -0.2) is 35.3 Å². The summed E-state index contributed by atoms with van der Waals surface area (Å²) in [6.45, 7) is -0.213. The second kappa shape index (κ2) is 4.25.